The molecule has 0 bridgehead atoms. The molecule has 0 atom stereocenters. The molecule has 4 nitrogen and oxygen atoms in total. The van der Waals surface area contributed by atoms with Crippen molar-refractivity contribution in [1.29, 1.82) is 0 Å². The van der Waals surface area contributed by atoms with E-state index in [1.807, 2.05) is 6.92 Å². The van der Waals surface area contributed by atoms with Crippen molar-refractivity contribution in [2.24, 2.45) is 5.92 Å². The predicted octanol–water partition coefficient (Wildman–Crippen LogP) is 3.04. The lowest BCUT2D eigenvalue weighted by molar-refractivity contribution is 0.250. The van der Waals surface area contributed by atoms with Gasteiger partial charge in [-0.25, -0.2) is 8.42 Å². The molecule has 0 aliphatic heterocycles. The maximum absolute atomic E-state index is 12.8. The van der Waals surface area contributed by atoms with Crippen molar-refractivity contribution in [3.05, 3.63) is 22.7 Å². The van der Waals surface area contributed by atoms with Gasteiger partial charge in [0.1, 0.15) is 0 Å². The van der Waals surface area contributed by atoms with Crippen molar-refractivity contribution in [2.45, 2.75) is 38.0 Å². The van der Waals surface area contributed by atoms with E-state index in [1.54, 1.807) is 17.3 Å². The van der Waals surface area contributed by atoms with Crippen LogP contribution in [0.3, 0.4) is 0 Å². The average Bonchev–Trinajstić information content (AvgIpc) is 2.32. The van der Waals surface area contributed by atoms with Crippen LogP contribution in [0, 0.1) is 12.8 Å². The van der Waals surface area contributed by atoms with Gasteiger partial charge in [0, 0.05) is 13.1 Å². The second kappa shape index (κ2) is 5.92. The first-order valence-corrected chi connectivity index (χ1v) is 8.73. The Labute approximate surface area is 126 Å². The van der Waals surface area contributed by atoms with E-state index < -0.39 is 10.0 Å². The molecule has 1 saturated carbocycles. The SMILES string of the molecule is CCN(CC1CCC1)S(=O)(=O)c1cc(N)c(Cl)cc1C. The third kappa shape index (κ3) is 2.95. The van der Waals surface area contributed by atoms with Crippen LogP contribution in [0.2, 0.25) is 5.02 Å². The van der Waals surface area contributed by atoms with Crippen molar-refractivity contribution >= 4 is 27.3 Å². The molecule has 0 amide bonds. The number of aryl methyl sites for hydroxylation is 1. The number of anilines is 1. The lowest BCUT2D eigenvalue weighted by Gasteiger charge is -2.31. The highest BCUT2D eigenvalue weighted by molar-refractivity contribution is 7.89. The van der Waals surface area contributed by atoms with Crippen molar-refractivity contribution in [3.8, 4) is 0 Å². The number of sulfonamides is 1. The lowest BCUT2D eigenvalue weighted by atomic mass is 9.85. The molecule has 20 heavy (non-hydrogen) atoms. The number of nitrogen functional groups attached to an aromatic ring is 1. The predicted molar refractivity (Wildman–Crippen MR) is 82.4 cm³/mol. The van der Waals surface area contributed by atoms with Gasteiger partial charge >= 0.3 is 0 Å². The van der Waals surface area contributed by atoms with Crippen LogP contribution >= 0.6 is 11.6 Å². The Morgan fingerprint density at radius 1 is 1.40 bits per heavy atom. The van der Waals surface area contributed by atoms with Gasteiger partial charge in [-0.1, -0.05) is 24.9 Å². The van der Waals surface area contributed by atoms with E-state index in [2.05, 4.69) is 0 Å². The molecule has 0 saturated heterocycles. The molecule has 1 aromatic carbocycles. The zero-order chi connectivity index (χ0) is 14.9. The molecule has 0 spiro atoms. The van der Waals surface area contributed by atoms with Crippen LogP contribution in [-0.2, 0) is 10.0 Å². The first kappa shape index (κ1) is 15.6. The second-order valence-electron chi connectivity index (χ2n) is 5.39. The van der Waals surface area contributed by atoms with E-state index in [-0.39, 0.29) is 4.90 Å². The van der Waals surface area contributed by atoms with Gasteiger partial charge < -0.3 is 5.73 Å². The van der Waals surface area contributed by atoms with Crippen LogP contribution in [0.4, 0.5) is 5.69 Å². The van der Waals surface area contributed by atoms with Gasteiger partial charge in [0.05, 0.1) is 15.6 Å². The van der Waals surface area contributed by atoms with Gasteiger partial charge in [0.15, 0.2) is 0 Å². The molecule has 0 unspecified atom stereocenters. The zero-order valence-corrected chi connectivity index (χ0v) is 13.5. The summed E-state index contributed by atoms with van der Waals surface area (Å²) in [7, 11) is -3.50. The minimum absolute atomic E-state index is 0.264. The minimum Gasteiger partial charge on any atom is -0.397 e. The van der Waals surface area contributed by atoms with Gasteiger partial charge in [0.25, 0.3) is 0 Å². The monoisotopic (exact) mass is 316 g/mol. The summed E-state index contributed by atoms with van der Waals surface area (Å²) in [6, 6.07) is 3.08. The number of benzene rings is 1. The highest BCUT2D eigenvalue weighted by atomic mass is 35.5. The Bertz CT molecular complexity index is 597. The van der Waals surface area contributed by atoms with Gasteiger partial charge in [-0.15, -0.1) is 0 Å². The van der Waals surface area contributed by atoms with Crippen LogP contribution in [0.25, 0.3) is 0 Å². The maximum Gasteiger partial charge on any atom is 0.243 e. The van der Waals surface area contributed by atoms with E-state index >= 15 is 0 Å². The zero-order valence-electron chi connectivity index (χ0n) is 11.9. The Morgan fingerprint density at radius 3 is 2.55 bits per heavy atom. The first-order chi connectivity index (χ1) is 9.36. The van der Waals surface area contributed by atoms with Crippen LogP contribution in [0.1, 0.15) is 31.7 Å². The van der Waals surface area contributed by atoms with Crippen molar-refractivity contribution in [2.75, 3.05) is 18.8 Å². The fourth-order valence-corrected chi connectivity index (χ4v) is 4.43. The van der Waals surface area contributed by atoms with E-state index in [0.29, 0.717) is 35.3 Å². The summed E-state index contributed by atoms with van der Waals surface area (Å²) < 4.78 is 27.0. The molecule has 6 heteroatoms. The van der Waals surface area contributed by atoms with Gasteiger partial charge in [-0.2, -0.15) is 4.31 Å². The standard InChI is InChI=1S/C14H21ClN2O2S/c1-3-17(9-11-5-4-6-11)20(18,19)14-8-13(16)12(15)7-10(14)2/h7-8,11H,3-6,9,16H2,1-2H3. The second-order valence-corrected chi connectivity index (χ2v) is 7.71. The molecule has 2 N–H and O–H groups in total. The topological polar surface area (TPSA) is 63.4 Å². The van der Waals surface area contributed by atoms with Gasteiger partial charge in [-0.3, -0.25) is 0 Å². The first-order valence-electron chi connectivity index (χ1n) is 6.92. The number of hydrogen-bond acceptors (Lipinski definition) is 3. The molecule has 2 rings (SSSR count). The molecule has 0 radical (unpaired) electrons. The summed E-state index contributed by atoms with van der Waals surface area (Å²) in [5, 5.41) is 0.392. The van der Waals surface area contributed by atoms with Crippen LogP contribution in [0.15, 0.2) is 17.0 Å². The molecular formula is C14H21ClN2O2S. The van der Waals surface area contributed by atoms with Crippen LogP contribution in [-0.4, -0.2) is 25.8 Å². The highest BCUT2D eigenvalue weighted by Gasteiger charge is 2.29. The third-order valence-electron chi connectivity index (χ3n) is 3.95. The molecule has 112 valence electrons. The van der Waals surface area contributed by atoms with Crippen LogP contribution < -0.4 is 5.73 Å². The molecule has 1 aliphatic rings. The molecule has 1 fully saturated rings. The molecule has 1 aromatic rings. The lowest BCUT2D eigenvalue weighted by Crippen LogP contribution is -2.37. The fourth-order valence-electron chi connectivity index (χ4n) is 2.45. The maximum atomic E-state index is 12.8. The normalized spacial score (nSPS) is 16.4. The smallest absolute Gasteiger partial charge is 0.243 e. The number of nitrogens with zero attached hydrogens (tertiary/aromatic N) is 1. The van der Waals surface area contributed by atoms with E-state index in [4.69, 9.17) is 17.3 Å². The Balaban J connectivity index is 2.34. The number of nitrogens with two attached hydrogens (primary N) is 1. The van der Waals surface area contributed by atoms with Crippen molar-refractivity contribution in [1.82, 2.24) is 4.31 Å². The summed E-state index contributed by atoms with van der Waals surface area (Å²) >= 11 is 5.93. The summed E-state index contributed by atoms with van der Waals surface area (Å²) in [4.78, 5) is 0.264. The van der Waals surface area contributed by atoms with E-state index in [9.17, 15) is 8.42 Å². The van der Waals surface area contributed by atoms with E-state index in [1.165, 1.54) is 12.5 Å². The third-order valence-corrected chi connectivity index (χ3v) is 6.36. The number of rotatable bonds is 5. The minimum atomic E-state index is -3.50. The molecular weight excluding hydrogens is 296 g/mol. The number of halogens is 1. The summed E-state index contributed by atoms with van der Waals surface area (Å²) in [6.45, 7) is 4.68. The van der Waals surface area contributed by atoms with Crippen molar-refractivity contribution in [3.63, 3.8) is 0 Å². The average molecular weight is 317 g/mol. The number of hydrogen-bond donors (Lipinski definition) is 1. The highest BCUT2D eigenvalue weighted by Crippen LogP contribution is 2.31. The molecule has 0 heterocycles. The van der Waals surface area contributed by atoms with Crippen molar-refractivity contribution < 1.29 is 8.42 Å². The van der Waals surface area contributed by atoms with Gasteiger partial charge in [0.2, 0.25) is 10.0 Å². The largest absolute Gasteiger partial charge is 0.397 e. The summed E-state index contributed by atoms with van der Waals surface area (Å²) in [6.07, 6.45) is 3.44. The quantitative estimate of drug-likeness (QED) is 0.849. The Hall–Kier alpha value is -0.780. The fraction of sp³-hybridized carbons (Fsp3) is 0.571. The Morgan fingerprint density at radius 2 is 2.05 bits per heavy atom. The molecule has 0 aromatic heterocycles. The molecule has 1 aliphatic carbocycles. The summed E-state index contributed by atoms with van der Waals surface area (Å²) in [5.74, 6) is 0.495. The summed E-state index contributed by atoms with van der Waals surface area (Å²) in [5.41, 5.74) is 6.69. The van der Waals surface area contributed by atoms with Gasteiger partial charge in [-0.05, 0) is 43.4 Å². The Kier molecular flexibility index (Phi) is 4.62. The van der Waals surface area contributed by atoms with Crippen LogP contribution in [0.5, 0.6) is 0 Å². The van der Waals surface area contributed by atoms with E-state index in [0.717, 1.165) is 12.8 Å².